The predicted octanol–water partition coefficient (Wildman–Crippen LogP) is 4.81. The van der Waals surface area contributed by atoms with E-state index in [-0.39, 0.29) is 18.5 Å². The summed E-state index contributed by atoms with van der Waals surface area (Å²) in [6.07, 6.45) is -13.7. The van der Waals surface area contributed by atoms with E-state index in [2.05, 4.69) is 26.7 Å². The van der Waals surface area contributed by atoms with E-state index in [0.717, 1.165) is 37.6 Å². The van der Waals surface area contributed by atoms with Crippen LogP contribution in [0.1, 0.15) is 31.2 Å². The van der Waals surface area contributed by atoms with Crippen LogP contribution < -0.4 is 4.90 Å². The molecule has 3 saturated heterocycles. The molecule has 4 rings (SSSR count). The van der Waals surface area contributed by atoms with E-state index in [0.29, 0.717) is 12.8 Å². The molecule has 0 aromatic heterocycles. The molecule has 3 fully saturated rings. The number of nitrogens with zero attached hydrogens (tertiary/aromatic N) is 3. The molecule has 184 valence electrons. The molecule has 3 heterocycles. The van der Waals surface area contributed by atoms with Crippen LogP contribution >= 0.6 is 0 Å². The number of carbonyl (C=O) groups excluding carboxylic acids is 1. The highest BCUT2D eigenvalue weighted by atomic mass is 19.4. The normalized spacial score (nSPS) is 21.5. The maximum absolute atomic E-state index is 12.7. The van der Waals surface area contributed by atoms with Gasteiger partial charge in [-0.05, 0) is 42.7 Å². The second-order valence-electron chi connectivity index (χ2n) is 9.30. The van der Waals surface area contributed by atoms with Crippen LogP contribution in [0.4, 0.5) is 36.8 Å². The Bertz CT molecular complexity index is 823. The number of hydrogen-bond donors (Lipinski definition) is 0. The van der Waals surface area contributed by atoms with Crippen LogP contribution in [0.2, 0.25) is 0 Å². The molecule has 0 aliphatic carbocycles. The number of ether oxygens (including phenoxy) is 1. The lowest BCUT2D eigenvalue weighted by molar-refractivity contribution is -0.308. The van der Waals surface area contributed by atoms with Gasteiger partial charge in [-0.1, -0.05) is 18.2 Å². The van der Waals surface area contributed by atoms with Gasteiger partial charge in [0.05, 0.1) is 0 Å². The second-order valence-corrected chi connectivity index (χ2v) is 9.30. The lowest BCUT2D eigenvalue weighted by Gasteiger charge is -2.54. The average molecular weight is 479 g/mol. The molecule has 0 N–H and O–H groups in total. The first-order chi connectivity index (χ1) is 15.5. The SMILES string of the molecule is O=C(OC(C(F)(F)F)C(F)(F)F)N1CCC2(CC1)CN(Cc1ccccc1N1CCCC1)C2. The molecule has 3 aliphatic rings. The van der Waals surface area contributed by atoms with Crippen molar-refractivity contribution < 1.29 is 35.9 Å². The van der Waals surface area contributed by atoms with Gasteiger partial charge in [-0.3, -0.25) is 4.90 Å². The van der Waals surface area contributed by atoms with Crippen molar-refractivity contribution in [3.05, 3.63) is 29.8 Å². The zero-order valence-electron chi connectivity index (χ0n) is 18.1. The Morgan fingerprint density at radius 3 is 2.09 bits per heavy atom. The van der Waals surface area contributed by atoms with Gasteiger partial charge in [0.25, 0.3) is 6.10 Å². The molecule has 5 nitrogen and oxygen atoms in total. The monoisotopic (exact) mass is 479 g/mol. The van der Waals surface area contributed by atoms with E-state index in [1.54, 1.807) is 0 Å². The zero-order valence-corrected chi connectivity index (χ0v) is 18.1. The summed E-state index contributed by atoms with van der Waals surface area (Å²) < 4.78 is 79.8. The van der Waals surface area contributed by atoms with Gasteiger partial charge in [-0.15, -0.1) is 0 Å². The quantitative estimate of drug-likeness (QED) is 0.581. The summed E-state index contributed by atoms with van der Waals surface area (Å²) >= 11 is 0. The first-order valence-corrected chi connectivity index (χ1v) is 11.1. The summed E-state index contributed by atoms with van der Waals surface area (Å²) in [6, 6.07) is 8.31. The number of alkyl halides is 6. The van der Waals surface area contributed by atoms with Crippen LogP contribution in [-0.2, 0) is 11.3 Å². The van der Waals surface area contributed by atoms with Crippen molar-refractivity contribution in [2.75, 3.05) is 44.2 Å². The van der Waals surface area contributed by atoms with Gasteiger partial charge in [0.2, 0.25) is 0 Å². The molecule has 11 heteroatoms. The standard InChI is InChI=1S/C22H27F6N3O2/c23-21(24,25)18(22(26,27)28)33-19(32)31-11-7-20(8-12-31)14-29(15-20)13-16-5-1-2-6-17(16)30-9-3-4-10-30/h1-2,5-6,18H,3-4,7-15H2. The highest BCUT2D eigenvalue weighted by Gasteiger charge is 2.60. The fourth-order valence-corrected chi connectivity index (χ4v) is 5.14. The predicted molar refractivity (Wildman–Crippen MR) is 109 cm³/mol. The fourth-order valence-electron chi connectivity index (χ4n) is 5.14. The first kappa shape index (κ1) is 24.0. The van der Waals surface area contributed by atoms with Crippen LogP contribution in [0, 0.1) is 5.41 Å². The van der Waals surface area contributed by atoms with Gasteiger partial charge in [-0.2, -0.15) is 26.3 Å². The fraction of sp³-hybridized carbons (Fsp3) is 0.682. The lowest BCUT2D eigenvalue weighted by Crippen LogP contribution is -2.60. The minimum atomic E-state index is -5.70. The zero-order chi connectivity index (χ0) is 23.9. The molecule has 0 bridgehead atoms. The van der Waals surface area contributed by atoms with Crippen LogP contribution in [-0.4, -0.2) is 73.6 Å². The van der Waals surface area contributed by atoms with Crippen LogP contribution in [0.25, 0.3) is 0 Å². The molecule has 3 aliphatic heterocycles. The van der Waals surface area contributed by atoms with Crippen molar-refractivity contribution in [2.24, 2.45) is 5.41 Å². The van der Waals surface area contributed by atoms with Crippen molar-refractivity contribution in [3.63, 3.8) is 0 Å². The van der Waals surface area contributed by atoms with Crippen molar-refractivity contribution in [1.29, 1.82) is 0 Å². The van der Waals surface area contributed by atoms with Gasteiger partial charge < -0.3 is 14.5 Å². The maximum atomic E-state index is 12.7. The molecular weight excluding hydrogens is 452 g/mol. The average Bonchev–Trinajstić information content (AvgIpc) is 3.24. The topological polar surface area (TPSA) is 36.0 Å². The third kappa shape index (κ3) is 5.33. The molecule has 1 aromatic carbocycles. The Hall–Kier alpha value is -2.17. The Kier molecular flexibility index (Phi) is 6.45. The largest absolute Gasteiger partial charge is 0.434 e. The Balaban J connectivity index is 1.28. The molecule has 33 heavy (non-hydrogen) atoms. The number of amides is 1. The number of para-hydroxylation sites is 1. The molecule has 0 saturated carbocycles. The van der Waals surface area contributed by atoms with Gasteiger partial charge in [0, 0.05) is 51.5 Å². The lowest BCUT2D eigenvalue weighted by atomic mass is 9.72. The molecule has 0 unspecified atom stereocenters. The van der Waals surface area contributed by atoms with E-state index in [9.17, 15) is 31.1 Å². The molecular formula is C22H27F6N3O2. The number of halogens is 6. The number of likely N-dealkylation sites (tertiary alicyclic amines) is 2. The van der Waals surface area contributed by atoms with E-state index >= 15 is 0 Å². The number of rotatable bonds is 4. The minimum Gasteiger partial charge on any atom is -0.426 e. The first-order valence-electron chi connectivity index (χ1n) is 11.1. The summed E-state index contributed by atoms with van der Waals surface area (Å²) in [5.41, 5.74) is 2.44. The summed E-state index contributed by atoms with van der Waals surface area (Å²) in [7, 11) is 0. The molecule has 0 atom stereocenters. The molecule has 1 aromatic rings. The molecule has 1 spiro atoms. The number of benzene rings is 1. The maximum Gasteiger partial charge on any atom is 0.434 e. The van der Waals surface area contributed by atoms with E-state index in [1.165, 1.54) is 24.1 Å². The van der Waals surface area contributed by atoms with E-state index in [1.807, 2.05) is 12.1 Å². The van der Waals surface area contributed by atoms with Gasteiger partial charge in [-0.25, -0.2) is 4.79 Å². The highest BCUT2D eigenvalue weighted by Crippen LogP contribution is 2.42. The Morgan fingerprint density at radius 1 is 0.939 bits per heavy atom. The summed E-state index contributed by atoms with van der Waals surface area (Å²) in [5, 5.41) is 0. The van der Waals surface area contributed by atoms with Gasteiger partial charge in [0.15, 0.2) is 0 Å². The van der Waals surface area contributed by atoms with Crippen molar-refractivity contribution in [1.82, 2.24) is 9.80 Å². The van der Waals surface area contributed by atoms with Gasteiger partial charge in [0.1, 0.15) is 0 Å². The van der Waals surface area contributed by atoms with Crippen LogP contribution in [0.3, 0.4) is 0 Å². The highest BCUT2D eigenvalue weighted by molar-refractivity contribution is 5.68. The Morgan fingerprint density at radius 2 is 1.52 bits per heavy atom. The third-order valence-corrected chi connectivity index (χ3v) is 6.85. The third-order valence-electron chi connectivity index (χ3n) is 6.85. The van der Waals surface area contributed by atoms with Crippen molar-refractivity contribution in [2.45, 2.75) is 50.7 Å². The molecule has 0 radical (unpaired) electrons. The number of hydrogen-bond acceptors (Lipinski definition) is 4. The second kappa shape index (κ2) is 8.88. The smallest absolute Gasteiger partial charge is 0.426 e. The van der Waals surface area contributed by atoms with Crippen molar-refractivity contribution >= 4 is 11.8 Å². The van der Waals surface area contributed by atoms with E-state index < -0.39 is 24.5 Å². The van der Waals surface area contributed by atoms with Gasteiger partial charge >= 0.3 is 18.4 Å². The summed E-state index contributed by atoms with van der Waals surface area (Å²) in [6.45, 7) is 4.64. The van der Waals surface area contributed by atoms with Crippen LogP contribution in [0.5, 0.6) is 0 Å². The molecule has 1 amide bonds. The summed E-state index contributed by atoms with van der Waals surface area (Å²) in [4.78, 5) is 17.6. The number of piperidine rings is 1. The number of carbonyl (C=O) groups is 1. The van der Waals surface area contributed by atoms with Crippen molar-refractivity contribution in [3.8, 4) is 0 Å². The summed E-state index contributed by atoms with van der Waals surface area (Å²) in [5.74, 6) is 0. The Labute approximate surface area is 188 Å². The minimum absolute atomic E-state index is 0.0627. The number of anilines is 1. The van der Waals surface area contributed by atoms with Crippen LogP contribution in [0.15, 0.2) is 24.3 Å². The van der Waals surface area contributed by atoms with E-state index in [4.69, 9.17) is 0 Å².